The van der Waals surface area contributed by atoms with Crippen LogP contribution in [0.5, 0.6) is 5.75 Å². The monoisotopic (exact) mass is 168 g/mol. The predicted molar refractivity (Wildman–Crippen MR) is 41.8 cm³/mol. The number of phenolic OH excluding ortho intramolecular Hbond substituents is 1. The third kappa shape index (κ3) is 1.46. The first kappa shape index (κ1) is 8.35. The van der Waals surface area contributed by atoms with Crippen LogP contribution in [0.25, 0.3) is 0 Å². The minimum Gasteiger partial charge on any atom is -0.506 e. The molecule has 1 amide bonds. The summed E-state index contributed by atoms with van der Waals surface area (Å²) in [4.78, 5) is 10.8. The van der Waals surface area contributed by atoms with Crippen LogP contribution in [0, 0.1) is 0 Å². The van der Waals surface area contributed by atoms with Crippen LogP contribution in [0.4, 0.5) is 5.69 Å². The quantitative estimate of drug-likeness (QED) is 0.207. The standard InChI is InChI=1S/C7H8N2O3/c8-5-2-1-4(3-6(5)10)7(11)9-12/h1-3,10,12H,8H2,(H,9,11). The van der Waals surface area contributed by atoms with Crippen LogP contribution in [-0.2, 0) is 0 Å². The van der Waals surface area contributed by atoms with E-state index < -0.39 is 5.91 Å². The van der Waals surface area contributed by atoms with Gasteiger partial charge in [-0.25, -0.2) is 5.48 Å². The summed E-state index contributed by atoms with van der Waals surface area (Å²) in [6, 6.07) is 3.93. The van der Waals surface area contributed by atoms with Gasteiger partial charge in [0, 0.05) is 5.56 Å². The number of hydrogen-bond donors (Lipinski definition) is 4. The molecule has 1 aromatic carbocycles. The molecule has 12 heavy (non-hydrogen) atoms. The van der Waals surface area contributed by atoms with Gasteiger partial charge in [0.25, 0.3) is 5.91 Å². The molecule has 0 unspecified atom stereocenters. The highest BCUT2D eigenvalue weighted by Crippen LogP contribution is 2.20. The number of nitrogens with one attached hydrogen (secondary N) is 1. The van der Waals surface area contributed by atoms with Crippen LogP contribution in [0.15, 0.2) is 18.2 Å². The summed E-state index contributed by atoms with van der Waals surface area (Å²) in [6.45, 7) is 0. The fourth-order valence-electron chi connectivity index (χ4n) is 0.749. The molecule has 0 saturated heterocycles. The number of nitrogen functional groups attached to an aromatic ring is 1. The van der Waals surface area contributed by atoms with E-state index in [1.807, 2.05) is 0 Å². The third-order valence-corrected chi connectivity index (χ3v) is 1.39. The molecule has 0 spiro atoms. The van der Waals surface area contributed by atoms with Crippen molar-refractivity contribution in [2.75, 3.05) is 5.73 Å². The number of aromatic hydroxyl groups is 1. The van der Waals surface area contributed by atoms with Crippen molar-refractivity contribution in [1.82, 2.24) is 5.48 Å². The molecule has 5 nitrogen and oxygen atoms in total. The second kappa shape index (κ2) is 3.10. The number of hydrogen-bond acceptors (Lipinski definition) is 4. The molecule has 0 aromatic heterocycles. The van der Waals surface area contributed by atoms with Gasteiger partial charge in [-0.1, -0.05) is 0 Å². The molecule has 0 heterocycles. The van der Waals surface area contributed by atoms with Gasteiger partial charge in [0.1, 0.15) is 5.75 Å². The molecule has 0 fully saturated rings. The van der Waals surface area contributed by atoms with Gasteiger partial charge in [0.05, 0.1) is 5.69 Å². The Morgan fingerprint density at radius 3 is 2.67 bits per heavy atom. The highest BCUT2D eigenvalue weighted by atomic mass is 16.5. The van der Waals surface area contributed by atoms with Crippen molar-refractivity contribution in [3.05, 3.63) is 23.8 Å². The normalized spacial score (nSPS) is 9.42. The van der Waals surface area contributed by atoms with Gasteiger partial charge in [-0.15, -0.1) is 0 Å². The van der Waals surface area contributed by atoms with Crippen molar-refractivity contribution in [1.29, 1.82) is 0 Å². The van der Waals surface area contributed by atoms with Gasteiger partial charge in [0.15, 0.2) is 0 Å². The molecule has 5 N–H and O–H groups in total. The zero-order valence-corrected chi connectivity index (χ0v) is 6.11. The Bertz CT molecular complexity index is 312. The van der Waals surface area contributed by atoms with Crippen molar-refractivity contribution in [2.45, 2.75) is 0 Å². The smallest absolute Gasteiger partial charge is 0.274 e. The second-order valence-electron chi connectivity index (χ2n) is 2.21. The number of rotatable bonds is 1. The highest BCUT2D eigenvalue weighted by molar-refractivity contribution is 5.94. The lowest BCUT2D eigenvalue weighted by atomic mass is 10.2. The molecule has 0 radical (unpaired) electrons. The summed E-state index contributed by atoms with van der Waals surface area (Å²) in [5.41, 5.74) is 7.05. The lowest BCUT2D eigenvalue weighted by Gasteiger charge is -2.01. The SMILES string of the molecule is Nc1ccc(C(=O)NO)cc1O. The fraction of sp³-hybridized carbons (Fsp3) is 0. The van der Waals surface area contributed by atoms with Gasteiger partial charge in [-0.2, -0.15) is 0 Å². The lowest BCUT2D eigenvalue weighted by molar-refractivity contribution is 0.0706. The number of benzene rings is 1. The maximum absolute atomic E-state index is 10.8. The average Bonchev–Trinajstić information content (AvgIpc) is 2.08. The first-order valence-electron chi connectivity index (χ1n) is 3.18. The zero-order chi connectivity index (χ0) is 9.14. The number of nitrogens with two attached hydrogens (primary N) is 1. The van der Waals surface area contributed by atoms with Gasteiger partial charge in [-0.3, -0.25) is 10.0 Å². The van der Waals surface area contributed by atoms with Crippen molar-refractivity contribution < 1.29 is 15.1 Å². The highest BCUT2D eigenvalue weighted by Gasteiger charge is 2.05. The van der Waals surface area contributed by atoms with Crippen molar-refractivity contribution in [3.8, 4) is 5.75 Å². The van der Waals surface area contributed by atoms with Crippen molar-refractivity contribution in [2.24, 2.45) is 0 Å². The number of hydroxylamine groups is 1. The summed E-state index contributed by atoms with van der Waals surface area (Å²) in [5, 5.41) is 17.3. The Hall–Kier alpha value is -1.75. The van der Waals surface area contributed by atoms with E-state index in [-0.39, 0.29) is 17.0 Å². The topological polar surface area (TPSA) is 95.6 Å². The Morgan fingerprint density at radius 2 is 2.17 bits per heavy atom. The largest absolute Gasteiger partial charge is 0.506 e. The first-order valence-corrected chi connectivity index (χ1v) is 3.18. The Morgan fingerprint density at radius 1 is 1.50 bits per heavy atom. The molecule has 0 saturated carbocycles. The van der Waals surface area contributed by atoms with E-state index in [1.165, 1.54) is 23.7 Å². The average molecular weight is 168 g/mol. The molecular weight excluding hydrogens is 160 g/mol. The van der Waals surface area contributed by atoms with E-state index in [0.29, 0.717) is 0 Å². The van der Waals surface area contributed by atoms with Gasteiger partial charge in [-0.05, 0) is 18.2 Å². The van der Waals surface area contributed by atoms with E-state index >= 15 is 0 Å². The van der Waals surface area contributed by atoms with Crippen LogP contribution in [-0.4, -0.2) is 16.2 Å². The van der Waals surface area contributed by atoms with E-state index in [0.717, 1.165) is 0 Å². The van der Waals surface area contributed by atoms with Crippen molar-refractivity contribution >= 4 is 11.6 Å². The minimum absolute atomic E-state index is 0.143. The molecular formula is C7H8N2O3. The molecule has 1 rings (SSSR count). The number of carbonyl (C=O) groups is 1. The summed E-state index contributed by atoms with van der Waals surface area (Å²) >= 11 is 0. The molecule has 0 aliphatic carbocycles. The molecule has 0 aliphatic heterocycles. The van der Waals surface area contributed by atoms with Crippen LogP contribution in [0.2, 0.25) is 0 Å². The van der Waals surface area contributed by atoms with E-state index in [4.69, 9.17) is 16.0 Å². The molecule has 0 atom stereocenters. The van der Waals surface area contributed by atoms with Crippen LogP contribution in [0.3, 0.4) is 0 Å². The van der Waals surface area contributed by atoms with Crippen LogP contribution in [0.1, 0.15) is 10.4 Å². The summed E-state index contributed by atoms with van der Waals surface area (Å²) < 4.78 is 0. The Labute approximate surface area is 68.4 Å². The van der Waals surface area contributed by atoms with Crippen LogP contribution >= 0.6 is 0 Å². The Kier molecular flexibility index (Phi) is 2.16. The summed E-state index contributed by atoms with van der Waals surface area (Å²) in [6.07, 6.45) is 0. The molecule has 64 valence electrons. The maximum atomic E-state index is 10.8. The summed E-state index contributed by atoms with van der Waals surface area (Å²) in [7, 11) is 0. The number of phenols is 1. The van der Waals surface area contributed by atoms with E-state index in [2.05, 4.69) is 0 Å². The molecule has 0 bridgehead atoms. The van der Waals surface area contributed by atoms with E-state index in [9.17, 15) is 4.79 Å². The minimum atomic E-state index is -0.690. The van der Waals surface area contributed by atoms with Gasteiger partial charge < -0.3 is 10.8 Å². The van der Waals surface area contributed by atoms with Crippen molar-refractivity contribution in [3.63, 3.8) is 0 Å². The fourth-order valence-corrected chi connectivity index (χ4v) is 0.749. The molecule has 1 aromatic rings. The number of anilines is 1. The van der Waals surface area contributed by atoms with Crippen LogP contribution < -0.4 is 11.2 Å². The number of carbonyl (C=O) groups excluding carboxylic acids is 1. The Balaban J connectivity index is 3.05. The third-order valence-electron chi connectivity index (χ3n) is 1.39. The summed E-state index contributed by atoms with van der Waals surface area (Å²) in [5.74, 6) is -0.874. The zero-order valence-electron chi connectivity index (χ0n) is 6.11. The maximum Gasteiger partial charge on any atom is 0.274 e. The van der Waals surface area contributed by atoms with Gasteiger partial charge in [0.2, 0.25) is 0 Å². The first-order chi connectivity index (χ1) is 5.65. The lowest BCUT2D eigenvalue weighted by Crippen LogP contribution is -2.18. The predicted octanol–water partition coefficient (Wildman–Crippen LogP) is 0.0934. The van der Waals surface area contributed by atoms with E-state index in [1.54, 1.807) is 0 Å². The number of amides is 1. The van der Waals surface area contributed by atoms with Gasteiger partial charge >= 0.3 is 0 Å². The second-order valence-corrected chi connectivity index (χ2v) is 2.21. The molecule has 5 heteroatoms. The molecule has 0 aliphatic rings.